The van der Waals surface area contributed by atoms with E-state index in [-0.39, 0.29) is 35.3 Å². The second-order valence-corrected chi connectivity index (χ2v) is 4.96. The molecule has 3 heterocycles. The van der Waals surface area contributed by atoms with Crippen LogP contribution in [0, 0.1) is 0 Å². The van der Waals surface area contributed by atoms with E-state index in [2.05, 4.69) is 15.0 Å². The highest BCUT2D eigenvalue weighted by atomic mass is 31.1. The largest absolute Gasteiger partial charge is 0.412 e. The lowest BCUT2D eigenvalue weighted by molar-refractivity contribution is -0.0583. The molecule has 0 bridgehead atoms. The van der Waals surface area contributed by atoms with Gasteiger partial charge in [-0.15, -0.1) is 0 Å². The van der Waals surface area contributed by atoms with E-state index >= 15 is 0 Å². The second kappa shape index (κ2) is 13.2. The summed E-state index contributed by atoms with van der Waals surface area (Å²) in [4.78, 5) is 29.1. The lowest BCUT2D eigenvalue weighted by Crippen LogP contribution is -2.34. The molecule has 4 atom stereocenters. The van der Waals surface area contributed by atoms with E-state index in [1.165, 1.54) is 18.0 Å². The number of imidazole rings is 1. The van der Waals surface area contributed by atoms with Crippen LogP contribution in [0.2, 0.25) is 0 Å². The summed E-state index contributed by atoms with van der Waals surface area (Å²) in [7, 11) is 0.581. The molecule has 0 amide bonds. The van der Waals surface area contributed by atoms with Gasteiger partial charge in [-0.1, -0.05) is 13.8 Å². The first-order chi connectivity index (χ1) is 12.5. The Balaban J connectivity index is -0.000000777. The normalized spacial score (nSPS) is 22.9. The standard InChI is InChI=1S/C11H15N5O5.C2H6.FH.HO2P.H2O.H2/c1-20-7-6(18)4(2-17)21-10(7)16-3-13-5-8(16)14-11(12)15-9(5)19;1-2;;1-3-2;;/h3-4,6-7,10,17-18H,2H2,1H3,(H3,12,14,15,19);1-2H3;1H;(H,1,2);1H2;1H. The second-order valence-electron chi connectivity index (χ2n) is 4.80. The van der Waals surface area contributed by atoms with E-state index < -0.39 is 38.8 Å². The fourth-order valence-electron chi connectivity index (χ4n) is 2.48. The molecule has 1 fully saturated rings. The molecule has 1 aliphatic heterocycles. The molecule has 13 nitrogen and oxygen atoms in total. The van der Waals surface area contributed by atoms with Crippen LogP contribution in [0.4, 0.5) is 10.7 Å². The van der Waals surface area contributed by atoms with Crippen molar-refractivity contribution in [3.05, 3.63) is 16.7 Å². The lowest BCUT2D eigenvalue weighted by Gasteiger charge is -2.19. The summed E-state index contributed by atoms with van der Waals surface area (Å²) in [5.41, 5.74) is 5.38. The first kappa shape index (κ1) is 28.2. The predicted molar refractivity (Wildman–Crippen MR) is 99.8 cm³/mol. The minimum atomic E-state index is -1.01. The van der Waals surface area contributed by atoms with Crippen molar-refractivity contribution in [2.75, 3.05) is 19.5 Å². The SMILES string of the molecule is CC.COC1C(O)C(CO)OC1n1cnc2c(=O)[nH]c(N)nc21.F.O.O=PO.[HH]. The third kappa shape index (κ3) is 5.72. The number of aliphatic hydroxyl groups excluding tert-OH is 2. The highest BCUT2D eigenvalue weighted by Crippen LogP contribution is 2.32. The Labute approximate surface area is 161 Å². The maximum atomic E-state index is 11.8. The maximum absolute atomic E-state index is 11.8. The summed E-state index contributed by atoms with van der Waals surface area (Å²) in [6, 6.07) is 0. The van der Waals surface area contributed by atoms with Gasteiger partial charge in [-0.05, 0) is 0 Å². The van der Waals surface area contributed by atoms with Gasteiger partial charge in [0.15, 0.2) is 17.4 Å². The highest BCUT2D eigenvalue weighted by Gasteiger charge is 2.45. The summed E-state index contributed by atoms with van der Waals surface area (Å²) in [6.45, 7) is 3.64. The Morgan fingerprint density at radius 2 is 2.07 bits per heavy atom. The minimum absolute atomic E-state index is 0. The molecule has 0 radical (unpaired) electrons. The van der Waals surface area contributed by atoms with Crippen molar-refractivity contribution in [2.24, 2.45) is 0 Å². The van der Waals surface area contributed by atoms with Crippen LogP contribution in [0.3, 0.4) is 0 Å². The molecule has 2 aromatic rings. The van der Waals surface area contributed by atoms with E-state index in [0.717, 1.165) is 0 Å². The van der Waals surface area contributed by atoms with E-state index in [0.29, 0.717) is 0 Å². The molecule has 15 heteroatoms. The Bertz CT molecular complexity index is 781. The first-order valence-electron chi connectivity index (χ1n) is 7.64. The van der Waals surface area contributed by atoms with Gasteiger partial charge in [0, 0.05) is 8.54 Å². The Morgan fingerprint density at radius 1 is 1.50 bits per heavy atom. The van der Waals surface area contributed by atoms with Gasteiger partial charge in [0.25, 0.3) is 5.56 Å². The Morgan fingerprint density at radius 3 is 2.57 bits per heavy atom. The number of nitrogens with two attached hydrogens (primary N) is 1. The van der Waals surface area contributed by atoms with Gasteiger partial charge in [0.05, 0.1) is 12.9 Å². The predicted octanol–water partition coefficient (Wildman–Crippen LogP) is -1.25. The van der Waals surface area contributed by atoms with Gasteiger partial charge in [0.1, 0.15) is 18.3 Å². The van der Waals surface area contributed by atoms with E-state index in [9.17, 15) is 15.0 Å². The molecule has 2 aromatic heterocycles. The summed E-state index contributed by atoms with van der Waals surface area (Å²) >= 11 is 0. The minimum Gasteiger partial charge on any atom is -0.412 e. The van der Waals surface area contributed by atoms with Crippen LogP contribution < -0.4 is 11.3 Å². The number of aliphatic hydroxyl groups is 2. The molecular formula is C13H27FN5O8P. The molecule has 0 aromatic carbocycles. The smallest absolute Gasteiger partial charge is 0.324 e. The van der Waals surface area contributed by atoms with Gasteiger partial charge in [-0.3, -0.25) is 19.1 Å². The van der Waals surface area contributed by atoms with Crippen LogP contribution in [-0.2, 0) is 14.0 Å². The van der Waals surface area contributed by atoms with Crippen molar-refractivity contribution in [3.63, 3.8) is 0 Å². The van der Waals surface area contributed by atoms with Crippen molar-refractivity contribution in [1.29, 1.82) is 0 Å². The van der Waals surface area contributed by atoms with Crippen LogP contribution >= 0.6 is 8.69 Å². The number of rotatable bonds is 3. The number of nitrogen functional groups attached to an aromatic ring is 1. The number of ether oxygens (including phenoxy) is 2. The molecule has 8 N–H and O–H groups in total. The molecule has 0 saturated carbocycles. The topological polar surface area (TPSA) is 217 Å². The highest BCUT2D eigenvalue weighted by molar-refractivity contribution is 7.16. The number of H-pyrrole nitrogens is 1. The number of hydrogen-bond donors (Lipinski definition) is 5. The number of methoxy groups -OCH3 is 1. The number of nitrogens with one attached hydrogen (secondary N) is 1. The van der Waals surface area contributed by atoms with Crippen molar-refractivity contribution in [3.8, 4) is 0 Å². The zero-order valence-corrected chi connectivity index (χ0v) is 16.2. The number of anilines is 1. The maximum Gasteiger partial charge on any atom is 0.324 e. The molecule has 0 spiro atoms. The Hall–Kier alpha value is -2.06. The first-order valence-corrected chi connectivity index (χ1v) is 8.41. The number of nitrogens with zero attached hydrogens (tertiary/aromatic N) is 3. The van der Waals surface area contributed by atoms with Crippen LogP contribution in [0.5, 0.6) is 0 Å². The molecule has 1 saturated heterocycles. The summed E-state index contributed by atoms with van der Waals surface area (Å²) < 4.78 is 20.7. The molecule has 3 rings (SSSR count). The number of halogens is 1. The van der Waals surface area contributed by atoms with Crippen molar-refractivity contribution < 1.29 is 40.8 Å². The number of aromatic amines is 1. The van der Waals surface area contributed by atoms with Gasteiger partial charge >= 0.3 is 8.69 Å². The molecule has 1 aliphatic rings. The van der Waals surface area contributed by atoms with Crippen molar-refractivity contribution in [1.82, 2.24) is 19.5 Å². The molecule has 4 unspecified atom stereocenters. The third-order valence-corrected chi connectivity index (χ3v) is 3.49. The van der Waals surface area contributed by atoms with E-state index in [4.69, 9.17) is 24.7 Å². The van der Waals surface area contributed by atoms with Crippen LogP contribution in [0.15, 0.2) is 11.1 Å². The van der Waals surface area contributed by atoms with Gasteiger partial charge in [-0.2, -0.15) is 4.98 Å². The average molecular weight is 431 g/mol. The molecule has 0 aliphatic carbocycles. The number of fused-ring (bicyclic) bond motifs is 1. The molecule has 164 valence electrons. The molecular weight excluding hydrogens is 404 g/mol. The third-order valence-electron chi connectivity index (χ3n) is 3.49. The monoisotopic (exact) mass is 431 g/mol. The van der Waals surface area contributed by atoms with Gasteiger partial charge < -0.3 is 35.8 Å². The van der Waals surface area contributed by atoms with E-state index in [1.54, 1.807) is 0 Å². The van der Waals surface area contributed by atoms with Crippen LogP contribution in [-0.4, -0.2) is 72.1 Å². The van der Waals surface area contributed by atoms with Crippen molar-refractivity contribution in [2.45, 2.75) is 38.4 Å². The van der Waals surface area contributed by atoms with Crippen molar-refractivity contribution >= 4 is 25.8 Å². The average Bonchev–Trinajstić information content (AvgIpc) is 3.17. The number of aromatic nitrogens is 4. The van der Waals surface area contributed by atoms with Gasteiger partial charge in [0.2, 0.25) is 5.95 Å². The van der Waals surface area contributed by atoms with Crippen LogP contribution in [0.1, 0.15) is 21.5 Å². The molecule has 28 heavy (non-hydrogen) atoms. The van der Waals surface area contributed by atoms with Gasteiger partial charge in [-0.25, -0.2) is 9.55 Å². The number of hydrogen-bond acceptors (Lipinski definition) is 9. The van der Waals surface area contributed by atoms with E-state index in [1.807, 2.05) is 13.8 Å². The summed E-state index contributed by atoms with van der Waals surface area (Å²) in [6.07, 6.45) is -1.96. The Kier molecular flexibility index (Phi) is 13.2. The quantitative estimate of drug-likeness (QED) is 0.364. The zero-order chi connectivity index (χ0) is 19.9. The van der Waals surface area contributed by atoms with Crippen LogP contribution in [0.25, 0.3) is 11.2 Å². The zero-order valence-electron chi connectivity index (χ0n) is 15.3. The summed E-state index contributed by atoms with van der Waals surface area (Å²) in [5, 5.41) is 19.3. The fourth-order valence-corrected chi connectivity index (χ4v) is 2.48. The summed E-state index contributed by atoms with van der Waals surface area (Å²) in [5.74, 6) is -0.0551. The lowest BCUT2D eigenvalue weighted by atomic mass is 10.1. The fraction of sp³-hybridized carbons (Fsp3) is 0.615.